The summed E-state index contributed by atoms with van der Waals surface area (Å²) in [5, 5.41) is 3.72. The summed E-state index contributed by atoms with van der Waals surface area (Å²) in [5.74, 6) is 1.55. The molecule has 1 saturated carbocycles. The molecule has 2 aromatic rings. The Labute approximate surface area is 139 Å². The molecule has 1 amide bonds. The van der Waals surface area contributed by atoms with E-state index in [0.717, 1.165) is 35.5 Å². The van der Waals surface area contributed by atoms with Crippen LogP contribution in [-0.4, -0.2) is 12.7 Å². The molecule has 1 aliphatic carbocycles. The van der Waals surface area contributed by atoms with Gasteiger partial charge in [0.1, 0.15) is 0 Å². The van der Waals surface area contributed by atoms with Crippen molar-refractivity contribution in [3.63, 3.8) is 0 Å². The standard InChI is InChI=1S/C18H16ClNO3/c19-14-4-2-13(3-5-14)18(7-8-18)17(21)20-10-12-1-6-15-16(9-12)23-11-22-15/h1-6,9H,7-8,10-11H2,(H,20,21). The van der Waals surface area contributed by atoms with Gasteiger partial charge in [0.15, 0.2) is 11.5 Å². The monoisotopic (exact) mass is 329 g/mol. The molecular formula is C18H16ClNO3. The minimum absolute atomic E-state index is 0.0671. The van der Waals surface area contributed by atoms with Crippen LogP contribution >= 0.6 is 11.6 Å². The lowest BCUT2D eigenvalue weighted by molar-refractivity contribution is -0.123. The first-order valence-corrected chi connectivity index (χ1v) is 7.98. The Morgan fingerprint density at radius 1 is 1.09 bits per heavy atom. The van der Waals surface area contributed by atoms with E-state index < -0.39 is 0 Å². The lowest BCUT2D eigenvalue weighted by Gasteiger charge is -2.16. The van der Waals surface area contributed by atoms with Gasteiger partial charge in [0.2, 0.25) is 12.7 Å². The zero-order chi connectivity index (χ0) is 15.9. The zero-order valence-electron chi connectivity index (χ0n) is 12.5. The number of ether oxygens (including phenoxy) is 2. The van der Waals surface area contributed by atoms with Gasteiger partial charge in [0.05, 0.1) is 5.41 Å². The van der Waals surface area contributed by atoms with E-state index in [1.165, 1.54) is 0 Å². The SMILES string of the molecule is O=C(NCc1ccc2c(c1)OCO2)C1(c2ccc(Cl)cc2)CC1. The molecular weight excluding hydrogens is 314 g/mol. The Bertz CT molecular complexity index is 753. The summed E-state index contributed by atoms with van der Waals surface area (Å²) in [6.07, 6.45) is 1.75. The Morgan fingerprint density at radius 2 is 1.83 bits per heavy atom. The summed E-state index contributed by atoms with van der Waals surface area (Å²) in [6, 6.07) is 13.3. The molecule has 0 spiro atoms. The number of fused-ring (bicyclic) bond motifs is 1. The van der Waals surface area contributed by atoms with Gasteiger partial charge in [-0.05, 0) is 48.2 Å². The Hall–Kier alpha value is -2.20. The molecule has 1 heterocycles. The molecule has 23 heavy (non-hydrogen) atoms. The molecule has 0 unspecified atom stereocenters. The third-order valence-corrected chi connectivity index (χ3v) is 4.72. The van der Waals surface area contributed by atoms with Crippen LogP contribution in [0.25, 0.3) is 0 Å². The summed E-state index contributed by atoms with van der Waals surface area (Å²) in [7, 11) is 0. The smallest absolute Gasteiger partial charge is 0.231 e. The van der Waals surface area contributed by atoms with Crippen LogP contribution in [0, 0.1) is 0 Å². The third kappa shape index (κ3) is 2.63. The first-order valence-electron chi connectivity index (χ1n) is 7.60. The van der Waals surface area contributed by atoms with E-state index in [1.807, 2.05) is 42.5 Å². The average Bonchev–Trinajstić information content (AvgIpc) is 3.24. The zero-order valence-corrected chi connectivity index (χ0v) is 13.2. The Balaban J connectivity index is 1.45. The maximum atomic E-state index is 12.6. The van der Waals surface area contributed by atoms with Gasteiger partial charge < -0.3 is 14.8 Å². The number of rotatable bonds is 4. The maximum Gasteiger partial charge on any atom is 0.231 e. The van der Waals surface area contributed by atoms with Crippen LogP contribution in [0.15, 0.2) is 42.5 Å². The van der Waals surface area contributed by atoms with Crippen molar-refractivity contribution in [3.05, 3.63) is 58.6 Å². The number of amides is 1. The molecule has 2 aromatic carbocycles. The predicted molar refractivity (Wildman–Crippen MR) is 86.8 cm³/mol. The van der Waals surface area contributed by atoms with Crippen LogP contribution in [0.4, 0.5) is 0 Å². The van der Waals surface area contributed by atoms with E-state index in [1.54, 1.807) is 0 Å². The summed E-state index contributed by atoms with van der Waals surface area (Å²) in [6.45, 7) is 0.732. The molecule has 0 saturated heterocycles. The summed E-state index contributed by atoms with van der Waals surface area (Å²) < 4.78 is 10.6. The number of halogens is 1. The van der Waals surface area contributed by atoms with Crippen LogP contribution in [0.3, 0.4) is 0 Å². The predicted octanol–water partition coefficient (Wildman–Crippen LogP) is 3.42. The second-order valence-electron chi connectivity index (χ2n) is 5.96. The second-order valence-corrected chi connectivity index (χ2v) is 6.40. The highest BCUT2D eigenvalue weighted by Crippen LogP contribution is 2.48. The van der Waals surface area contributed by atoms with Crippen LogP contribution < -0.4 is 14.8 Å². The lowest BCUT2D eigenvalue weighted by Crippen LogP contribution is -2.34. The van der Waals surface area contributed by atoms with E-state index in [2.05, 4.69) is 5.32 Å². The number of hydrogen-bond donors (Lipinski definition) is 1. The normalized spacial score (nSPS) is 16.9. The third-order valence-electron chi connectivity index (χ3n) is 4.47. The van der Waals surface area contributed by atoms with E-state index >= 15 is 0 Å². The molecule has 118 valence electrons. The fourth-order valence-electron chi connectivity index (χ4n) is 2.94. The number of nitrogens with one attached hydrogen (secondary N) is 1. The van der Waals surface area contributed by atoms with Gasteiger partial charge >= 0.3 is 0 Å². The molecule has 1 aliphatic heterocycles. The number of carbonyl (C=O) groups is 1. The largest absolute Gasteiger partial charge is 0.454 e. The lowest BCUT2D eigenvalue weighted by atomic mass is 9.95. The molecule has 0 atom stereocenters. The van der Waals surface area contributed by atoms with Gasteiger partial charge in [-0.1, -0.05) is 29.8 Å². The van der Waals surface area contributed by atoms with Crippen LogP contribution in [0.1, 0.15) is 24.0 Å². The topological polar surface area (TPSA) is 47.6 Å². The molecule has 0 aromatic heterocycles. The second kappa shape index (κ2) is 5.46. The summed E-state index contributed by atoms with van der Waals surface area (Å²) in [4.78, 5) is 12.6. The van der Waals surface area contributed by atoms with Gasteiger partial charge in [-0.25, -0.2) is 0 Å². The molecule has 0 radical (unpaired) electrons. The fraction of sp³-hybridized carbons (Fsp3) is 0.278. The molecule has 1 fully saturated rings. The quantitative estimate of drug-likeness (QED) is 0.935. The first kappa shape index (κ1) is 14.4. The number of hydrogen-bond acceptors (Lipinski definition) is 3. The van der Waals surface area contributed by atoms with Crippen molar-refractivity contribution in [3.8, 4) is 11.5 Å². The maximum absolute atomic E-state index is 12.6. The number of carbonyl (C=O) groups excluding carboxylic acids is 1. The van der Waals surface area contributed by atoms with Crippen LogP contribution in [-0.2, 0) is 16.8 Å². The van der Waals surface area contributed by atoms with Crippen LogP contribution in [0.2, 0.25) is 5.02 Å². The van der Waals surface area contributed by atoms with Gasteiger partial charge in [-0.15, -0.1) is 0 Å². The van der Waals surface area contributed by atoms with Gasteiger partial charge in [0, 0.05) is 11.6 Å². The highest BCUT2D eigenvalue weighted by Gasteiger charge is 2.51. The van der Waals surface area contributed by atoms with Crippen molar-refractivity contribution >= 4 is 17.5 Å². The van der Waals surface area contributed by atoms with Crippen LogP contribution in [0.5, 0.6) is 11.5 Å². The highest BCUT2D eigenvalue weighted by molar-refractivity contribution is 6.30. The van der Waals surface area contributed by atoms with E-state index in [4.69, 9.17) is 21.1 Å². The minimum Gasteiger partial charge on any atom is -0.454 e. The molecule has 4 nitrogen and oxygen atoms in total. The minimum atomic E-state index is -0.388. The van der Waals surface area contributed by atoms with E-state index in [0.29, 0.717) is 11.6 Å². The van der Waals surface area contributed by atoms with Gasteiger partial charge in [-0.2, -0.15) is 0 Å². The fourth-order valence-corrected chi connectivity index (χ4v) is 3.07. The van der Waals surface area contributed by atoms with Crippen molar-refractivity contribution in [1.82, 2.24) is 5.32 Å². The van der Waals surface area contributed by atoms with Crippen molar-refractivity contribution < 1.29 is 14.3 Å². The summed E-state index contributed by atoms with van der Waals surface area (Å²) in [5.41, 5.74) is 1.64. The van der Waals surface area contributed by atoms with Gasteiger partial charge in [0.25, 0.3) is 0 Å². The van der Waals surface area contributed by atoms with Crippen molar-refractivity contribution in [2.75, 3.05) is 6.79 Å². The van der Waals surface area contributed by atoms with Crippen molar-refractivity contribution in [2.45, 2.75) is 24.8 Å². The van der Waals surface area contributed by atoms with Gasteiger partial charge in [-0.3, -0.25) is 4.79 Å². The summed E-state index contributed by atoms with van der Waals surface area (Å²) >= 11 is 5.93. The number of benzene rings is 2. The molecule has 0 bridgehead atoms. The average molecular weight is 330 g/mol. The van der Waals surface area contributed by atoms with E-state index in [9.17, 15) is 4.79 Å². The molecule has 4 rings (SSSR count). The van der Waals surface area contributed by atoms with E-state index in [-0.39, 0.29) is 18.1 Å². The molecule has 1 N–H and O–H groups in total. The molecule has 5 heteroatoms. The van der Waals surface area contributed by atoms with Crippen molar-refractivity contribution in [1.29, 1.82) is 0 Å². The Kier molecular flexibility index (Phi) is 3.42. The first-order chi connectivity index (χ1) is 11.2. The van der Waals surface area contributed by atoms with Crippen molar-refractivity contribution in [2.24, 2.45) is 0 Å². The molecule has 2 aliphatic rings. The Morgan fingerprint density at radius 3 is 2.57 bits per heavy atom. The highest BCUT2D eigenvalue weighted by atomic mass is 35.5.